The van der Waals surface area contributed by atoms with Gasteiger partial charge in [-0.15, -0.1) is 0 Å². The van der Waals surface area contributed by atoms with E-state index in [0.29, 0.717) is 29.5 Å². The van der Waals surface area contributed by atoms with Crippen LogP contribution in [0.5, 0.6) is 11.5 Å². The zero-order valence-electron chi connectivity index (χ0n) is 14.3. The number of rotatable bonds is 8. The van der Waals surface area contributed by atoms with Crippen molar-refractivity contribution in [2.24, 2.45) is 0 Å². The lowest BCUT2D eigenvalue weighted by atomic mass is 10.0. The Hall–Kier alpha value is -1.75. The van der Waals surface area contributed by atoms with Gasteiger partial charge in [-0.3, -0.25) is 4.90 Å². The second-order valence-electron chi connectivity index (χ2n) is 5.63. The molecular weight excluding hydrogens is 326 g/mol. The van der Waals surface area contributed by atoms with E-state index in [2.05, 4.69) is 17.0 Å². The Morgan fingerprint density at radius 3 is 2.38 bits per heavy atom. The summed E-state index contributed by atoms with van der Waals surface area (Å²) in [5.41, 5.74) is 2.13. The number of hydrogen-bond donors (Lipinski definition) is 1. The minimum Gasteiger partial charge on any atom is -0.493 e. The number of benzene rings is 2. The Balaban J connectivity index is 2.25. The van der Waals surface area contributed by atoms with E-state index in [1.807, 2.05) is 37.4 Å². The van der Waals surface area contributed by atoms with Crippen LogP contribution in [0.1, 0.15) is 23.6 Å². The fraction of sp³-hybridized carbons (Fsp3) is 0.368. The highest BCUT2D eigenvalue weighted by Gasteiger charge is 2.20. The number of halogens is 1. The molecule has 0 aliphatic rings. The molecule has 0 aromatic heterocycles. The summed E-state index contributed by atoms with van der Waals surface area (Å²) >= 11 is 6.48. The van der Waals surface area contributed by atoms with Gasteiger partial charge in [0.15, 0.2) is 11.5 Å². The molecule has 0 amide bonds. The van der Waals surface area contributed by atoms with Crippen LogP contribution in [-0.4, -0.2) is 37.9 Å². The van der Waals surface area contributed by atoms with Crippen LogP contribution in [0.4, 0.5) is 0 Å². The standard InChI is InChI=1S/C19H24ClNO3/c1-21(16(11-12-22)14-7-5-4-6-8-14)13-15-9-10-17(23-2)19(24-3)18(15)20/h4-10,16,22H,11-13H2,1-3H3. The van der Waals surface area contributed by atoms with E-state index in [0.717, 1.165) is 5.56 Å². The number of aliphatic hydroxyl groups is 1. The molecule has 0 saturated carbocycles. The van der Waals surface area contributed by atoms with Crippen LogP contribution >= 0.6 is 11.6 Å². The Labute approximate surface area is 148 Å². The summed E-state index contributed by atoms with van der Waals surface area (Å²) in [6.45, 7) is 0.766. The average Bonchev–Trinajstić information content (AvgIpc) is 2.61. The molecule has 2 rings (SSSR count). The summed E-state index contributed by atoms with van der Waals surface area (Å²) in [6.07, 6.45) is 0.658. The minimum atomic E-state index is 0.111. The maximum absolute atomic E-state index is 9.43. The van der Waals surface area contributed by atoms with E-state index in [1.165, 1.54) is 5.56 Å². The zero-order valence-corrected chi connectivity index (χ0v) is 15.1. The monoisotopic (exact) mass is 349 g/mol. The number of aliphatic hydroxyl groups excluding tert-OH is 1. The smallest absolute Gasteiger partial charge is 0.179 e. The summed E-state index contributed by atoms with van der Waals surface area (Å²) in [4.78, 5) is 2.18. The van der Waals surface area contributed by atoms with Crippen LogP contribution in [0.25, 0.3) is 0 Å². The lowest BCUT2D eigenvalue weighted by molar-refractivity contribution is 0.180. The maximum Gasteiger partial charge on any atom is 0.179 e. The van der Waals surface area contributed by atoms with Crippen molar-refractivity contribution in [1.29, 1.82) is 0 Å². The second-order valence-corrected chi connectivity index (χ2v) is 6.01. The summed E-state index contributed by atoms with van der Waals surface area (Å²) < 4.78 is 10.6. The molecule has 0 radical (unpaired) electrons. The van der Waals surface area contributed by atoms with Gasteiger partial charge in [-0.05, 0) is 30.7 Å². The molecule has 0 spiro atoms. The van der Waals surface area contributed by atoms with Gasteiger partial charge >= 0.3 is 0 Å². The molecule has 1 unspecified atom stereocenters. The first kappa shape index (κ1) is 18.6. The van der Waals surface area contributed by atoms with Gasteiger partial charge < -0.3 is 14.6 Å². The van der Waals surface area contributed by atoms with Crippen molar-refractivity contribution in [3.8, 4) is 11.5 Å². The second kappa shape index (κ2) is 8.92. The van der Waals surface area contributed by atoms with Gasteiger partial charge in [-0.25, -0.2) is 0 Å². The van der Waals surface area contributed by atoms with E-state index in [4.69, 9.17) is 21.1 Å². The Morgan fingerprint density at radius 1 is 1.08 bits per heavy atom. The fourth-order valence-electron chi connectivity index (χ4n) is 2.87. The predicted molar refractivity (Wildman–Crippen MR) is 96.9 cm³/mol. The highest BCUT2D eigenvalue weighted by Crippen LogP contribution is 2.38. The number of ether oxygens (including phenoxy) is 2. The summed E-state index contributed by atoms with van der Waals surface area (Å²) in [7, 11) is 5.20. The van der Waals surface area contributed by atoms with Gasteiger partial charge in [0.05, 0.1) is 19.2 Å². The molecule has 0 heterocycles. The first-order valence-corrected chi connectivity index (χ1v) is 8.25. The molecule has 1 N–H and O–H groups in total. The molecule has 24 heavy (non-hydrogen) atoms. The molecule has 0 aliphatic carbocycles. The summed E-state index contributed by atoms with van der Waals surface area (Å²) in [6, 6.07) is 14.1. The lowest BCUT2D eigenvalue weighted by Crippen LogP contribution is -2.25. The Morgan fingerprint density at radius 2 is 1.79 bits per heavy atom. The van der Waals surface area contributed by atoms with Gasteiger partial charge in [-0.2, -0.15) is 0 Å². The normalized spacial score (nSPS) is 12.2. The third kappa shape index (κ3) is 4.20. The SMILES string of the molecule is COc1ccc(CN(C)C(CCO)c2ccccc2)c(Cl)c1OC. The molecule has 0 fully saturated rings. The Kier molecular flexibility index (Phi) is 6.91. The first-order chi connectivity index (χ1) is 11.6. The van der Waals surface area contributed by atoms with Gasteiger partial charge in [0.1, 0.15) is 0 Å². The van der Waals surface area contributed by atoms with E-state index >= 15 is 0 Å². The van der Waals surface area contributed by atoms with E-state index in [9.17, 15) is 5.11 Å². The van der Waals surface area contributed by atoms with Crippen LogP contribution in [0.15, 0.2) is 42.5 Å². The highest BCUT2D eigenvalue weighted by molar-refractivity contribution is 6.33. The molecule has 5 heteroatoms. The van der Waals surface area contributed by atoms with Crippen molar-refractivity contribution in [2.45, 2.75) is 19.0 Å². The molecule has 130 valence electrons. The molecule has 0 saturated heterocycles. The van der Waals surface area contributed by atoms with Crippen molar-refractivity contribution < 1.29 is 14.6 Å². The van der Waals surface area contributed by atoms with Crippen molar-refractivity contribution in [1.82, 2.24) is 4.90 Å². The van der Waals surface area contributed by atoms with Crippen LogP contribution < -0.4 is 9.47 Å². The van der Waals surface area contributed by atoms with Crippen molar-refractivity contribution in [3.05, 3.63) is 58.6 Å². The highest BCUT2D eigenvalue weighted by atomic mass is 35.5. The molecule has 0 aliphatic heterocycles. The minimum absolute atomic E-state index is 0.111. The van der Waals surface area contributed by atoms with Crippen molar-refractivity contribution >= 4 is 11.6 Å². The molecule has 2 aromatic rings. The third-order valence-electron chi connectivity index (χ3n) is 4.10. The zero-order chi connectivity index (χ0) is 17.5. The molecule has 2 aromatic carbocycles. The Bertz CT molecular complexity index is 649. The summed E-state index contributed by atoms with van der Waals surface area (Å²) in [5, 5.41) is 9.98. The number of nitrogens with zero attached hydrogens (tertiary/aromatic N) is 1. The fourth-order valence-corrected chi connectivity index (χ4v) is 3.16. The van der Waals surface area contributed by atoms with E-state index in [-0.39, 0.29) is 12.6 Å². The van der Waals surface area contributed by atoms with Gasteiger partial charge in [0.25, 0.3) is 0 Å². The predicted octanol–water partition coefficient (Wildman–Crippen LogP) is 3.91. The van der Waals surface area contributed by atoms with Crippen LogP contribution in [0, 0.1) is 0 Å². The van der Waals surface area contributed by atoms with Crippen LogP contribution in [-0.2, 0) is 6.54 Å². The topological polar surface area (TPSA) is 41.9 Å². The molecule has 1 atom stereocenters. The van der Waals surface area contributed by atoms with Gasteiger partial charge in [0, 0.05) is 19.2 Å². The van der Waals surface area contributed by atoms with Crippen molar-refractivity contribution in [2.75, 3.05) is 27.9 Å². The number of hydrogen-bond acceptors (Lipinski definition) is 4. The lowest BCUT2D eigenvalue weighted by Gasteiger charge is -2.28. The van der Waals surface area contributed by atoms with E-state index < -0.39 is 0 Å². The quantitative estimate of drug-likeness (QED) is 0.784. The van der Waals surface area contributed by atoms with Crippen LogP contribution in [0.3, 0.4) is 0 Å². The van der Waals surface area contributed by atoms with Gasteiger partial charge in [-0.1, -0.05) is 48.0 Å². The molecular formula is C19H24ClNO3. The summed E-state index contributed by atoms with van der Waals surface area (Å²) in [5.74, 6) is 1.16. The van der Waals surface area contributed by atoms with E-state index in [1.54, 1.807) is 14.2 Å². The first-order valence-electron chi connectivity index (χ1n) is 7.87. The number of methoxy groups -OCH3 is 2. The van der Waals surface area contributed by atoms with Crippen molar-refractivity contribution in [3.63, 3.8) is 0 Å². The molecule has 4 nitrogen and oxygen atoms in total. The third-order valence-corrected chi connectivity index (χ3v) is 4.52. The maximum atomic E-state index is 9.43. The molecule has 0 bridgehead atoms. The average molecular weight is 350 g/mol. The largest absolute Gasteiger partial charge is 0.493 e. The van der Waals surface area contributed by atoms with Gasteiger partial charge in [0.2, 0.25) is 0 Å². The van der Waals surface area contributed by atoms with Crippen LogP contribution in [0.2, 0.25) is 5.02 Å².